The number of amides is 2. The topological polar surface area (TPSA) is 97.7 Å². The van der Waals surface area contributed by atoms with Crippen molar-refractivity contribution >= 4 is 124 Å². The minimum atomic E-state index is -1.87. The lowest BCUT2D eigenvalue weighted by Crippen LogP contribution is -2.54. The lowest BCUT2D eigenvalue weighted by atomic mass is 10.1. The molecule has 0 saturated heterocycles. The summed E-state index contributed by atoms with van der Waals surface area (Å²) >= 11 is 11.8. The van der Waals surface area contributed by atoms with Gasteiger partial charge in [-0.05, 0) is 60.1 Å². The fourth-order valence-corrected chi connectivity index (χ4v) is 25.0. The number of hydrogen-bond acceptors (Lipinski definition) is 13. The van der Waals surface area contributed by atoms with Crippen LogP contribution in [0, 0.1) is 20.8 Å². The van der Waals surface area contributed by atoms with E-state index in [2.05, 4.69) is 85.0 Å². The molecule has 7 nitrogen and oxygen atoms in total. The molecule has 1 aliphatic rings. The summed E-state index contributed by atoms with van der Waals surface area (Å²) in [6, 6.07) is 8.99. The number of nitrogens with zero attached hydrogens (tertiary/aromatic N) is 4. The number of carbonyl (C=O) groups is 2. The summed E-state index contributed by atoms with van der Waals surface area (Å²) in [5.74, 6) is -0.677. The molecule has 0 spiro atoms. The molecule has 0 unspecified atom stereocenters. The Morgan fingerprint density at radius 3 is 1.67 bits per heavy atom. The summed E-state index contributed by atoms with van der Waals surface area (Å²) in [5.41, 5.74) is 6.53. The first-order valence-electron chi connectivity index (χ1n) is 18.1. The van der Waals surface area contributed by atoms with Crippen LogP contribution in [0.25, 0.3) is 71.1 Å². The van der Waals surface area contributed by atoms with E-state index in [-0.39, 0.29) is 11.8 Å². The van der Waals surface area contributed by atoms with Crippen LogP contribution in [0.15, 0.2) is 36.7 Å². The van der Waals surface area contributed by atoms with Crippen molar-refractivity contribution in [2.75, 3.05) is 0 Å². The van der Waals surface area contributed by atoms with E-state index in [1.54, 1.807) is 49.8 Å². The molecule has 7 aromatic heterocycles. The third-order valence-electron chi connectivity index (χ3n) is 10.8. The third kappa shape index (κ3) is 5.75. The molecule has 9 rings (SSSR count). The van der Waals surface area contributed by atoms with Gasteiger partial charge in [-0.1, -0.05) is 47.6 Å². The predicted octanol–water partition coefficient (Wildman–Crippen LogP) is 13.0. The summed E-state index contributed by atoms with van der Waals surface area (Å²) in [6.45, 7) is 20.6. The van der Waals surface area contributed by atoms with E-state index in [1.807, 2.05) is 30.7 Å². The standard InChI is InChI=1S/C40H37N5O2S7Si/c1-16(2)55(17(3)4,18(5)6)25-13-12-23(51-25)38-44-31-29(40-42-15-24(52-40)32-27-26(21(9)50-32)35(46)45-36(27)47)34-30(43-37(53-34)22-11-10-19(7)48-22)28(33(31)54-38)39-41-14-20(8)49-39/h10-18H,1-9H3,(H,45,46,47). The summed E-state index contributed by atoms with van der Waals surface area (Å²) in [6.07, 6.45) is 3.78. The second-order valence-corrected chi connectivity index (χ2v) is 29.0. The van der Waals surface area contributed by atoms with Crippen LogP contribution >= 0.6 is 79.4 Å². The van der Waals surface area contributed by atoms with Crippen molar-refractivity contribution in [3.63, 3.8) is 0 Å². The number of aromatic nitrogens is 4. The first-order valence-corrected chi connectivity index (χ1v) is 26.1. The summed E-state index contributed by atoms with van der Waals surface area (Å²) in [4.78, 5) is 53.7. The maximum Gasteiger partial charge on any atom is 0.260 e. The molecular formula is C40H37N5O2S7Si. The number of nitrogens with one attached hydrogen (secondary N) is 1. The highest BCUT2D eigenvalue weighted by atomic mass is 32.1. The van der Waals surface area contributed by atoms with Crippen LogP contribution in [0.4, 0.5) is 0 Å². The number of aryl methyl sites for hydroxylation is 3. The van der Waals surface area contributed by atoms with Gasteiger partial charge >= 0.3 is 0 Å². The fourth-order valence-electron chi connectivity index (χ4n) is 8.63. The molecular weight excluding hydrogens is 835 g/mol. The minimum Gasteiger partial charge on any atom is -0.288 e. The zero-order valence-electron chi connectivity index (χ0n) is 31.7. The van der Waals surface area contributed by atoms with Gasteiger partial charge in [-0.25, -0.2) is 19.9 Å². The van der Waals surface area contributed by atoms with Gasteiger partial charge in [0.25, 0.3) is 11.8 Å². The Morgan fingerprint density at radius 1 is 0.545 bits per heavy atom. The predicted molar refractivity (Wildman–Crippen MR) is 242 cm³/mol. The maximum atomic E-state index is 13.0. The Morgan fingerprint density at radius 2 is 1.11 bits per heavy atom. The Bertz CT molecular complexity index is 2820. The number of thiophene rings is 3. The van der Waals surface area contributed by atoms with E-state index < -0.39 is 8.07 Å². The monoisotopic (exact) mass is 871 g/mol. The zero-order chi connectivity index (χ0) is 38.7. The molecule has 0 atom stereocenters. The molecule has 8 aromatic rings. The third-order valence-corrected chi connectivity index (χ3v) is 26.5. The van der Waals surface area contributed by atoms with Crippen LogP contribution in [-0.2, 0) is 0 Å². The lowest BCUT2D eigenvalue weighted by molar-refractivity contribution is 0.0879. The van der Waals surface area contributed by atoms with E-state index in [0.29, 0.717) is 27.8 Å². The van der Waals surface area contributed by atoms with Gasteiger partial charge in [-0.15, -0.1) is 79.4 Å². The number of carbonyl (C=O) groups excluding carboxylic acids is 2. The molecule has 1 aliphatic heterocycles. The van der Waals surface area contributed by atoms with Crippen molar-refractivity contribution in [3.05, 3.63) is 62.4 Å². The maximum absolute atomic E-state index is 13.0. The number of rotatable bonds is 9. The normalized spacial score (nSPS) is 13.5. The van der Waals surface area contributed by atoms with Crippen molar-refractivity contribution in [2.24, 2.45) is 0 Å². The number of thiazole rings is 4. The Balaban J connectivity index is 1.31. The molecule has 280 valence electrons. The Kier molecular flexibility index (Phi) is 9.28. The van der Waals surface area contributed by atoms with Crippen LogP contribution in [0.2, 0.25) is 16.6 Å². The number of benzene rings is 1. The zero-order valence-corrected chi connectivity index (χ0v) is 38.4. The quantitative estimate of drug-likeness (QED) is 0.115. The molecule has 1 N–H and O–H groups in total. The largest absolute Gasteiger partial charge is 0.288 e. The fraction of sp³-hybridized carbons (Fsp3) is 0.300. The van der Waals surface area contributed by atoms with Gasteiger partial charge in [0.15, 0.2) is 0 Å². The van der Waals surface area contributed by atoms with E-state index in [4.69, 9.17) is 19.9 Å². The highest BCUT2D eigenvalue weighted by molar-refractivity contribution is 7.33. The lowest BCUT2D eigenvalue weighted by Gasteiger charge is -2.42. The SMILES string of the molecule is Cc1ccc(-c2nc3c(-c4ncc(C)s4)c4sc(-c5ccc([Si](C(C)C)(C(C)C)C(C)C)s5)nc4c(-c4ncc(-c5sc(C)c6c5C(=O)NC6=O)s4)c3s2)s1. The van der Waals surface area contributed by atoms with Crippen molar-refractivity contribution < 1.29 is 9.59 Å². The summed E-state index contributed by atoms with van der Waals surface area (Å²) in [7, 11) is -1.87. The van der Waals surface area contributed by atoms with Crippen LogP contribution < -0.4 is 9.82 Å². The Labute approximate surface area is 348 Å². The molecule has 0 aliphatic carbocycles. The van der Waals surface area contributed by atoms with E-state index in [9.17, 15) is 9.59 Å². The van der Waals surface area contributed by atoms with E-state index in [0.717, 1.165) is 76.0 Å². The van der Waals surface area contributed by atoms with Crippen molar-refractivity contribution in [1.82, 2.24) is 25.3 Å². The van der Waals surface area contributed by atoms with Gasteiger partial charge in [0, 0.05) is 27.0 Å². The van der Waals surface area contributed by atoms with Crippen LogP contribution in [0.5, 0.6) is 0 Å². The molecule has 0 radical (unpaired) electrons. The van der Waals surface area contributed by atoms with Crippen LogP contribution in [0.3, 0.4) is 0 Å². The molecule has 0 fully saturated rings. The van der Waals surface area contributed by atoms with Gasteiger partial charge in [0.1, 0.15) is 28.1 Å². The summed E-state index contributed by atoms with van der Waals surface area (Å²) < 4.78 is 3.62. The highest BCUT2D eigenvalue weighted by Crippen LogP contribution is 2.53. The molecule has 1 aromatic carbocycles. The van der Waals surface area contributed by atoms with Crippen LogP contribution in [0.1, 0.15) is 76.9 Å². The van der Waals surface area contributed by atoms with Gasteiger partial charge in [0.05, 0.1) is 62.2 Å². The van der Waals surface area contributed by atoms with E-state index in [1.165, 1.54) is 32.4 Å². The average molecular weight is 872 g/mol. The molecule has 0 bridgehead atoms. The van der Waals surface area contributed by atoms with Crippen molar-refractivity contribution in [1.29, 1.82) is 0 Å². The number of imide groups is 1. The first-order chi connectivity index (χ1) is 26.3. The summed E-state index contributed by atoms with van der Waals surface area (Å²) in [5, 5.41) is 6.18. The van der Waals surface area contributed by atoms with Crippen molar-refractivity contribution in [3.8, 4) is 50.7 Å². The molecule has 0 saturated carbocycles. The van der Waals surface area contributed by atoms with Crippen molar-refractivity contribution in [2.45, 2.75) is 78.9 Å². The molecule has 55 heavy (non-hydrogen) atoms. The minimum absolute atomic E-state index is 0.330. The van der Waals surface area contributed by atoms with Gasteiger partial charge in [0.2, 0.25) is 0 Å². The molecule has 2 amide bonds. The highest BCUT2D eigenvalue weighted by Gasteiger charge is 2.45. The number of fused-ring (bicyclic) bond motifs is 3. The average Bonchev–Trinajstić information content (AvgIpc) is 3.96. The molecule has 8 heterocycles. The van der Waals surface area contributed by atoms with Gasteiger partial charge in [-0.2, -0.15) is 0 Å². The second-order valence-electron chi connectivity index (χ2n) is 14.9. The Hall–Kier alpha value is -3.28. The smallest absolute Gasteiger partial charge is 0.260 e. The van der Waals surface area contributed by atoms with Gasteiger partial charge in [-0.3, -0.25) is 14.9 Å². The first kappa shape index (κ1) is 37.3. The van der Waals surface area contributed by atoms with Crippen LogP contribution in [-0.4, -0.2) is 39.8 Å². The van der Waals surface area contributed by atoms with Gasteiger partial charge < -0.3 is 0 Å². The number of hydrogen-bond donors (Lipinski definition) is 1. The molecule has 15 heteroatoms. The van der Waals surface area contributed by atoms with E-state index >= 15 is 0 Å². The second kappa shape index (κ2) is 13.7.